The lowest BCUT2D eigenvalue weighted by molar-refractivity contribution is -0.210. The molecule has 4 rings (SSSR count). The standard InChI is InChI=1S/C28H38N2O7S/c1-20-10-12-23(13-11-20)38(33,34)36-19-22-16-30(27(32)37-28(2,3)4)25-17-29(15-14-24(22)25)26(31)35-18-21-8-6-5-7-9-21/h5-13,22,24-26,31H,14-19H2,1-4H3/t22-,24+,25+,26?/m0/s1. The lowest BCUT2D eigenvalue weighted by atomic mass is 9.85. The fourth-order valence-electron chi connectivity index (χ4n) is 5.08. The summed E-state index contributed by atoms with van der Waals surface area (Å²) in [7, 11) is -3.93. The Hall–Kier alpha value is -2.50. The van der Waals surface area contributed by atoms with Crippen molar-refractivity contribution in [1.29, 1.82) is 0 Å². The summed E-state index contributed by atoms with van der Waals surface area (Å²) in [6.07, 6.45) is -0.944. The molecule has 1 amide bonds. The quantitative estimate of drug-likeness (QED) is 0.394. The summed E-state index contributed by atoms with van der Waals surface area (Å²) in [5.41, 5.74) is 1.23. The van der Waals surface area contributed by atoms with Gasteiger partial charge in [0.1, 0.15) is 5.60 Å². The third-order valence-electron chi connectivity index (χ3n) is 7.03. The van der Waals surface area contributed by atoms with E-state index in [1.807, 2.05) is 58.0 Å². The van der Waals surface area contributed by atoms with Crippen molar-refractivity contribution < 1.29 is 32.0 Å². The Morgan fingerprint density at radius 3 is 2.42 bits per heavy atom. The Morgan fingerprint density at radius 1 is 1.08 bits per heavy atom. The third-order valence-corrected chi connectivity index (χ3v) is 8.33. The van der Waals surface area contributed by atoms with Gasteiger partial charge in [-0.2, -0.15) is 8.42 Å². The number of benzene rings is 2. The molecule has 1 N–H and O–H groups in total. The van der Waals surface area contributed by atoms with Crippen LogP contribution in [-0.2, 0) is 30.4 Å². The highest BCUT2D eigenvalue weighted by Gasteiger charge is 2.49. The number of nitrogens with zero attached hydrogens (tertiary/aromatic N) is 2. The molecule has 2 aromatic rings. The van der Waals surface area contributed by atoms with Crippen LogP contribution in [0, 0.1) is 18.8 Å². The number of ether oxygens (including phenoxy) is 2. The Balaban J connectivity index is 1.44. The number of piperidine rings is 1. The molecule has 4 atom stereocenters. The van der Waals surface area contributed by atoms with Crippen LogP contribution in [0.5, 0.6) is 0 Å². The summed E-state index contributed by atoms with van der Waals surface area (Å²) in [5.74, 6) is -0.203. The van der Waals surface area contributed by atoms with Crippen LogP contribution < -0.4 is 0 Å². The number of carbonyl (C=O) groups is 1. The predicted octanol–water partition coefficient (Wildman–Crippen LogP) is 3.75. The van der Waals surface area contributed by atoms with Crippen molar-refractivity contribution in [2.24, 2.45) is 11.8 Å². The van der Waals surface area contributed by atoms with E-state index in [9.17, 15) is 18.3 Å². The SMILES string of the molecule is Cc1ccc(S(=O)(=O)OC[C@@H]2CN(C(=O)OC(C)(C)C)[C@@H]3CN(C(O)OCc4ccccc4)CC[C@H]23)cc1. The van der Waals surface area contributed by atoms with E-state index in [4.69, 9.17) is 13.7 Å². The number of aliphatic hydroxyl groups excluding tert-OH is 1. The van der Waals surface area contributed by atoms with Crippen molar-refractivity contribution in [3.63, 3.8) is 0 Å². The summed E-state index contributed by atoms with van der Waals surface area (Å²) in [6, 6.07) is 15.8. The molecule has 38 heavy (non-hydrogen) atoms. The molecule has 2 aliphatic rings. The van der Waals surface area contributed by atoms with Gasteiger partial charge in [0, 0.05) is 25.6 Å². The molecular weight excluding hydrogens is 508 g/mol. The molecular formula is C28H38N2O7S. The van der Waals surface area contributed by atoms with E-state index in [0.717, 1.165) is 11.1 Å². The van der Waals surface area contributed by atoms with Crippen LogP contribution >= 0.6 is 0 Å². The first-order valence-electron chi connectivity index (χ1n) is 13.0. The van der Waals surface area contributed by atoms with E-state index >= 15 is 0 Å². The maximum Gasteiger partial charge on any atom is 0.410 e. The van der Waals surface area contributed by atoms with E-state index in [0.29, 0.717) is 26.1 Å². The molecule has 0 aliphatic carbocycles. The van der Waals surface area contributed by atoms with E-state index < -0.39 is 28.2 Å². The number of aliphatic hydroxyl groups is 1. The zero-order valence-corrected chi connectivity index (χ0v) is 23.3. The zero-order chi connectivity index (χ0) is 27.5. The highest BCUT2D eigenvalue weighted by atomic mass is 32.2. The molecule has 0 spiro atoms. The fraction of sp³-hybridized carbons (Fsp3) is 0.536. The lowest BCUT2D eigenvalue weighted by Crippen LogP contribution is -2.54. The Kier molecular flexibility index (Phi) is 8.78. The molecule has 2 aromatic carbocycles. The summed E-state index contributed by atoms with van der Waals surface area (Å²) in [4.78, 5) is 16.7. The number of carbonyl (C=O) groups excluding carboxylic acids is 1. The molecule has 208 valence electrons. The van der Waals surface area contributed by atoms with Gasteiger partial charge in [-0.05, 0) is 57.7 Å². The summed E-state index contributed by atoms with van der Waals surface area (Å²) in [6.45, 7) is 8.76. The van der Waals surface area contributed by atoms with Gasteiger partial charge in [-0.3, -0.25) is 9.08 Å². The molecule has 2 heterocycles. The smallest absolute Gasteiger partial charge is 0.410 e. The van der Waals surface area contributed by atoms with Gasteiger partial charge in [0.25, 0.3) is 10.1 Å². The van der Waals surface area contributed by atoms with Crippen molar-refractivity contribution in [1.82, 2.24) is 9.80 Å². The average Bonchev–Trinajstić information content (AvgIpc) is 3.24. The maximum atomic E-state index is 13.1. The van der Waals surface area contributed by atoms with Gasteiger partial charge in [0.05, 0.1) is 24.2 Å². The fourth-order valence-corrected chi connectivity index (χ4v) is 6.04. The van der Waals surface area contributed by atoms with E-state index in [2.05, 4.69) is 0 Å². The second kappa shape index (κ2) is 11.7. The number of likely N-dealkylation sites (tertiary alicyclic amines) is 2. The Bertz CT molecular complexity index is 1180. The van der Waals surface area contributed by atoms with Gasteiger partial charge < -0.3 is 19.5 Å². The summed E-state index contributed by atoms with van der Waals surface area (Å²) >= 11 is 0. The molecule has 0 aromatic heterocycles. The van der Waals surface area contributed by atoms with Crippen molar-refractivity contribution in [3.05, 3.63) is 65.7 Å². The minimum absolute atomic E-state index is 0.00619. The van der Waals surface area contributed by atoms with Crippen molar-refractivity contribution in [2.75, 3.05) is 26.2 Å². The second-order valence-corrected chi connectivity index (χ2v) is 12.7. The van der Waals surface area contributed by atoms with E-state index in [-0.39, 0.29) is 36.0 Å². The van der Waals surface area contributed by atoms with Gasteiger partial charge in [0.2, 0.25) is 6.41 Å². The number of fused-ring (bicyclic) bond motifs is 1. The van der Waals surface area contributed by atoms with Crippen LogP contribution in [0.2, 0.25) is 0 Å². The van der Waals surface area contributed by atoms with Crippen LogP contribution in [-0.4, -0.2) is 73.7 Å². The normalized spacial score (nSPS) is 23.2. The minimum atomic E-state index is -3.93. The molecule has 0 radical (unpaired) electrons. The summed E-state index contributed by atoms with van der Waals surface area (Å²) in [5, 5.41) is 10.8. The van der Waals surface area contributed by atoms with Gasteiger partial charge >= 0.3 is 6.09 Å². The van der Waals surface area contributed by atoms with Crippen LogP contribution in [0.25, 0.3) is 0 Å². The molecule has 2 aliphatic heterocycles. The highest BCUT2D eigenvalue weighted by Crippen LogP contribution is 2.38. The first kappa shape index (κ1) is 28.5. The van der Waals surface area contributed by atoms with E-state index in [1.54, 1.807) is 21.9 Å². The second-order valence-electron chi connectivity index (χ2n) is 11.1. The van der Waals surface area contributed by atoms with Gasteiger partial charge in [-0.25, -0.2) is 4.79 Å². The molecule has 9 nitrogen and oxygen atoms in total. The van der Waals surface area contributed by atoms with Crippen LogP contribution in [0.3, 0.4) is 0 Å². The van der Waals surface area contributed by atoms with E-state index in [1.165, 1.54) is 12.1 Å². The average molecular weight is 547 g/mol. The molecule has 1 unspecified atom stereocenters. The topological polar surface area (TPSA) is 106 Å². The van der Waals surface area contributed by atoms with Crippen molar-refractivity contribution in [2.45, 2.75) is 63.7 Å². The monoisotopic (exact) mass is 546 g/mol. The third kappa shape index (κ3) is 7.12. The molecule has 10 heteroatoms. The van der Waals surface area contributed by atoms with Gasteiger partial charge in [0.15, 0.2) is 0 Å². The Morgan fingerprint density at radius 2 is 1.76 bits per heavy atom. The number of hydrogen-bond acceptors (Lipinski definition) is 8. The first-order chi connectivity index (χ1) is 17.9. The number of amides is 1. The molecule has 0 bridgehead atoms. The minimum Gasteiger partial charge on any atom is -0.444 e. The predicted molar refractivity (Wildman–Crippen MR) is 141 cm³/mol. The van der Waals surface area contributed by atoms with Crippen LogP contribution in [0.15, 0.2) is 59.5 Å². The van der Waals surface area contributed by atoms with Crippen molar-refractivity contribution in [3.8, 4) is 0 Å². The Labute approximate surface area is 225 Å². The molecule has 0 saturated carbocycles. The lowest BCUT2D eigenvalue weighted by Gasteiger charge is -2.40. The zero-order valence-electron chi connectivity index (χ0n) is 22.4. The summed E-state index contributed by atoms with van der Waals surface area (Å²) < 4.78 is 42.5. The largest absolute Gasteiger partial charge is 0.444 e. The van der Waals surface area contributed by atoms with Gasteiger partial charge in [-0.15, -0.1) is 0 Å². The molecule has 2 saturated heterocycles. The maximum absolute atomic E-state index is 13.1. The van der Waals surface area contributed by atoms with Crippen LogP contribution in [0.4, 0.5) is 4.79 Å². The first-order valence-corrected chi connectivity index (χ1v) is 14.4. The highest BCUT2D eigenvalue weighted by molar-refractivity contribution is 7.86. The van der Waals surface area contributed by atoms with Gasteiger partial charge in [-0.1, -0.05) is 48.0 Å². The van der Waals surface area contributed by atoms with Crippen molar-refractivity contribution >= 4 is 16.2 Å². The van der Waals surface area contributed by atoms with Crippen LogP contribution in [0.1, 0.15) is 38.3 Å². The number of rotatable bonds is 8. The molecule has 2 fully saturated rings. The number of aryl methyl sites for hydroxylation is 1. The number of hydrogen-bond donors (Lipinski definition) is 1.